The molecular weight excluding hydrogens is 402 g/mol. The lowest BCUT2D eigenvalue weighted by atomic mass is 10.1. The molecule has 2 aromatic carbocycles. The lowest BCUT2D eigenvalue weighted by Gasteiger charge is -2.26. The topological polar surface area (TPSA) is 80.6 Å². The molecule has 7 nitrogen and oxygen atoms in total. The predicted molar refractivity (Wildman–Crippen MR) is 115 cm³/mol. The first kappa shape index (κ1) is 20.6. The maximum Gasteiger partial charge on any atom is 0.253 e. The number of hydrogen-bond acceptors (Lipinski definition) is 4. The van der Waals surface area contributed by atoms with Crippen LogP contribution in [0.5, 0.6) is 0 Å². The first-order valence-corrected chi connectivity index (χ1v) is 11.5. The van der Waals surface area contributed by atoms with Gasteiger partial charge in [-0.3, -0.25) is 4.79 Å². The number of ether oxygens (including phenoxy) is 1. The Bertz CT molecular complexity index is 1150. The maximum atomic E-state index is 12.8. The fourth-order valence-corrected chi connectivity index (χ4v) is 5.09. The van der Waals surface area contributed by atoms with E-state index in [1.54, 1.807) is 24.3 Å². The van der Waals surface area contributed by atoms with Crippen LogP contribution in [0.25, 0.3) is 10.9 Å². The molecule has 0 aliphatic carbocycles. The van der Waals surface area contributed by atoms with Crippen molar-refractivity contribution in [3.63, 3.8) is 0 Å². The molecular formula is C22H25N3O4S. The largest absolute Gasteiger partial charge is 0.379 e. The van der Waals surface area contributed by atoms with E-state index in [0.29, 0.717) is 38.4 Å². The van der Waals surface area contributed by atoms with Crippen LogP contribution in [0.3, 0.4) is 0 Å². The minimum Gasteiger partial charge on any atom is -0.379 e. The van der Waals surface area contributed by atoms with Crippen LogP contribution in [0.2, 0.25) is 0 Å². The lowest BCUT2D eigenvalue weighted by Crippen LogP contribution is -2.40. The zero-order chi connectivity index (χ0) is 21.1. The number of fused-ring (bicyclic) bond motifs is 1. The third kappa shape index (κ3) is 3.98. The molecule has 0 radical (unpaired) electrons. The number of para-hydroxylation sites is 1. The molecule has 1 aliphatic rings. The van der Waals surface area contributed by atoms with Gasteiger partial charge in [0.25, 0.3) is 5.91 Å². The number of carbonyl (C=O) groups excluding carboxylic acids is 1. The average Bonchev–Trinajstić information content (AvgIpc) is 3.17. The van der Waals surface area contributed by atoms with Gasteiger partial charge in [-0.25, -0.2) is 8.42 Å². The molecule has 1 N–H and O–H groups in total. The Morgan fingerprint density at radius 1 is 1.07 bits per heavy atom. The number of morpholine rings is 1. The summed E-state index contributed by atoms with van der Waals surface area (Å²) in [5, 5.41) is 3.86. The van der Waals surface area contributed by atoms with Gasteiger partial charge in [0.15, 0.2) is 0 Å². The van der Waals surface area contributed by atoms with E-state index < -0.39 is 10.0 Å². The molecule has 1 saturated heterocycles. The van der Waals surface area contributed by atoms with Crippen molar-refractivity contribution in [2.24, 2.45) is 0 Å². The van der Waals surface area contributed by atoms with Gasteiger partial charge in [-0.1, -0.05) is 30.3 Å². The van der Waals surface area contributed by atoms with E-state index in [1.807, 2.05) is 37.4 Å². The second-order valence-corrected chi connectivity index (χ2v) is 9.13. The molecule has 0 bridgehead atoms. The van der Waals surface area contributed by atoms with E-state index in [4.69, 9.17) is 4.74 Å². The second kappa shape index (κ2) is 8.59. The van der Waals surface area contributed by atoms with Gasteiger partial charge in [0.2, 0.25) is 10.0 Å². The molecule has 0 unspecified atom stereocenters. The number of rotatable bonds is 6. The van der Waals surface area contributed by atoms with Crippen molar-refractivity contribution in [2.75, 3.05) is 26.3 Å². The molecule has 0 saturated carbocycles. The standard InChI is InChI=1S/C22H25N3O4S/c1-2-24-16-20(19-5-3-4-6-21(19)24)22(26)23-15-17-7-9-18(10-8-17)30(27,28)25-11-13-29-14-12-25/h3-10,16H,2,11-15H2,1H3,(H,23,26). The quantitative estimate of drug-likeness (QED) is 0.656. The summed E-state index contributed by atoms with van der Waals surface area (Å²) in [5.41, 5.74) is 2.50. The molecule has 1 aliphatic heterocycles. The number of nitrogens with one attached hydrogen (secondary N) is 1. The number of benzene rings is 2. The smallest absolute Gasteiger partial charge is 0.253 e. The highest BCUT2D eigenvalue weighted by molar-refractivity contribution is 7.89. The van der Waals surface area contributed by atoms with E-state index in [1.165, 1.54) is 4.31 Å². The summed E-state index contributed by atoms with van der Waals surface area (Å²) in [5.74, 6) is -0.150. The number of aromatic nitrogens is 1. The van der Waals surface area contributed by atoms with E-state index in [9.17, 15) is 13.2 Å². The van der Waals surface area contributed by atoms with Crippen LogP contribution in [0.4, 0.5) is 0 Å². The molecule has 4 rings (SSSR count). The summed E-state index contributed by atoms with van der Waals surface area (Å²) in [6.45, 7) is 4.71. The highest BCUT2D eigenvalue weighted by atomic mass is 32.2. The minimum absolute atomic E-state index is 0.150. The molecule has 3 aromatic rings. The summed E-state index contributed by atoms with van der Waals surface area (Å²) >= 11 is 0. The minimum atomic E-state index is -3.51. The Balaban J connectivity index is 1.45. The van der Waals surface area contributed by atoms with Crippen LogP contribution < -0.4 is 5.32 Å². The monoisotopic (exact) mass is 427 g/mol. The van der Waals surface area contributed by atoms with Crippen molar-refractivity contribution < 1.29 is 17.9 Å². The van der Waals surface area contributed by atoms with Crippen molar-refractivity contribution in [1.29, 1.82) is 0 Å². The summed E-state index contributed by atoms with van der Waals surface area (Å²) in [7, 11) is -3.51. The molecule has 0 atom stereocenters. The van der Waals surface area contributed by atoms with Gasteiger partial charge in [0, 0.05) is 43.3 Å². The fourth-order valence-electron chi connectivity index (χ4n) is 3.68. The van der Waals surface area contributed by atoms with Crippen molar-refractivity contribution in [1.82, 2.24) is 14.2 Å². The van der Waals surface area contributed by atoms with E-state index in [2.05, 4.69) is 9.88 Å². The number of nitrogens with zero attached hydrogens (tertiary/aromatic N) is 2. The van der Waals surface area contributed by atoms with Crippen LogP contribution in [0, 0.1) is 0 Å². The maximum absolute atomic E-state index is 12.8. The summed E-state index contributed by atoms with van der Waals surface area (Å²) in [6.07, 6.45) is 1.87. The van der Waals surface area contributed by atoms with Crippen molar-refractivity contribution in [3.8, 4) is 0 Å². The average molecular weight is 428 g/mol. The number of carbonyl (C=O) groups is 1. The van der Waals surface area contributed by atoms with Crippen LogP contribution >= 0.6 is 0 Å². The summed E-state index contributed by atoms with van der Waals surface area (Å²) in [6, 6.07) is 14.5. The second-order valence-electron chi connectivity index (χ2n) is 7.19. The first-order chi connectivity index (χ1) is 14.5. The van der Waals surface area contributed by atoms with Crippen LogP contribution in [0.1, 0.15) is 22.8 Å². The van der Waals surface area contributed by atoms with Crippen molar-refractivity contribution in [2.45, 2.75) is 24.9 Å². The SMILES string of the molecule is CCn1cc(C(=O)NCc2ccc(S(=O)(=O)N3CCOCC3)cc2)c2ccccc21. The molecule has 2 heterocycles. The van der Waals surface area contributed by atoms with E-state index in [0.717, 1.165) is 23.0 Å². The molecule has 1 amide bonds. The summed E-state index contributed by atoms with van der Waals surface area (Å²) < 4.78 is 34.1. The van der Waals surface area contributed by atoms with E-state index in [-0.39, 0.29) is 10.8 Å². The Morgan fingerprint density at radius 2 is 1.77 bits per heavy atom. The normalized spacial score (nSPS) is 15.4. The van der Waals surface area contributed by atoms with Gasteiger partial charge < -0.3 is 14.6 Å². The number of aryl methyl sites for hydroxylation is 1. The zero-order valence-corrected chi connectivity index (χ0v) is 17.7. The molecule has 158 valence electrons. The van der Waals surface area contributed by atoms with Gasteiger partial charge in [0.05, 0.1) is 23.7 Å². The molecule has 1 aromatic heterocycles. The zero-order valence-electron chi connectivity index (χ0n) is 16.9. The van der Waals surface area contributed by atoms with Gasteiger partial charge >= 0.3 is 0 Å². The number of hydrogen-bond donors (Lipinski definition) is 1. The molecule has 0 spiro atoms. The first-order valence-electron chi connectivity index (χ1n) is 10.0. The van der Waals surface area contributed by atoms with Gasteiger partial charge in [-0.05, 0) is 30.7 Å². The molecule has 30 heavy (non-hydrogen) atoms. The summed E-state index contributed by atoms with van der Waals surface area (Å²) in [4.78, 5) is 13.0. The Kier molecular flexibility index (Phi) is 5.90. The Morgan fingerprint density at radius 3 is 2.47 bits per heavy atom. The number of sulfonamides is 1. The Hall–Kier alpha value is -2.68. The van der Waals surface area contributed by atoms with Crippen molar-refractivity contribution >= 4 is 26.8 Å². The van der Waals surface area contributed by atoms with Crippen LogP contribution in [-0.2, 0) is 27.8 Å². The number of amides is 1. The fraction of sp³-hybridized carbons (Fsp3) is 0.318. The van der Waals surface area contributed by atoms with Crippen LogP contribution in [0.15, 0.2) is 59.6 Å². The van der Waals surface area contributed by atoms with Gasteiger partial charge in [0.1, 0.15) is 0 Å². The highest BCUT2D eigenvalue weighted by Crippen LogP contribution is 2.22. The third-order valence-corrected chi connectivity index (χ3v) is 7.27. The lowest BCUT2D eigenvalue weighted by molar-refractivity contribution is 0.0730. The third-order valence-electron chi connectivity index (χ3n) is 5.36. The molecule has 1 fully saturated rings. The van der Waals surface area contributed by atoms with Crippen LogP contribution in [-0.4, -0.2) is 49.5 Å². The van der Waals surface area contributed by atoms with Crippen molar-refractivity contribution in [3.05, 3.63) is 65.9 Å². The predicted octanol–water partition coefficient (Wildman–Crippen LogP) is 2.61. The Labute approximate surface area is 176 Å². The molecule has 8 heteroatoms. The van der Waals surface area contributed by atoms with Gasteiger partial charge in [-0.2, -0.15) is 4.31 Å². The highest BCUT2D eigenvalue weighted by Gasteiger charge is 2.26. The van der Waals surface area contributed by atoms with E-state index >= 15 is 0 Å². The van der Waals surface area contributed by atoms with Gasteiger partial charge in [-0.15, -0.1) is 0 Å².